The van der Waals surface area contributed by atoms with Gasteiger partial charge < -0.3 is 16.0 Å². The van der Waals surface area contributed by atoms with E-state index in [1.807, 2.05) is 0 Å². The van der Waals surface area contributed by atoms with Gasteiger partial charge in [0.25, 0.3) is 0 Å². The van der Waals surface area contributed by atoms with E-state index in [2.05, 4.69) is 20.9 Å². The highest BCUT2D eigenvalue weighted by Crippen LogP contribution is 2.32. The van der Waals surface area contributed by atoms with E-state index >= 15 is 0 Å². The highest BCUT2D eigenvalue weighted by Gasteiger charge is 2.31. The molecule has 0 atom stereocenters. The van der Waals surface area contributed by atoms with Crippen LogP contribution in [0.1, 0.15) is 12.0 Å². The first-order valence-corrected chi connectivity index (χ1v) is 6.60. The molecule has 0 saturated carbocycles. The minimum Gasteiger partial charge on any atom is -0.368 e. The van der Waals surface area contributed by atoms with E-state index in [0.29, 0.717) is 19.3 Å². The number of nitrogens with one attached hydrogen (secondary N) is 3. The monoisotopic (exact) mass is 324 g/mol. The average molecular weight is 325 g/mol. The fraction of sp³-hybridized carbons (Fsp3) is 0.500. The molecule has 0 aromatic carbocycles. The number of hydrogen-bond donors (Lipinski definition) is 3. The standard InChI is InChI=1S/C12H16ClF3N4O/c1-17-4-5-18-10(21)2-3-19-11-9(13)6-8(7-20-11)12(14,15)16/h6-7,17H,2-5H2,1H3,(H,18,21)(H,19,20). The third-order valence-corrected chi connectivity index (χ3v) is 2.80. The molecule has 0 bridgehead atoms. The van der Waals surface area contributed by atoms with Crippen molar-refractivity contribution in [1.82, 2.24) is 15.6 Å². The SMILES string of the molecule is CNCCNC(=O)CCNc1ncc(C(F)(F)F)cc1Cl. The Labute approximate surface area is 125 Å². The van der Waals surface area contributed by atoms with Crippen LogP contribution in [0.4, 0.5) is 19.0 Å². The molecule has 1 aromatic heterocycles. The zero-order valence-electron chi connectivity index (χ0n) is 11.4. The lowest BCUT2D eigenvalue weighted by molar-refractivity contribution is -0.137. The second-order valence-corrected chi connectivity index (χ2v) is 4.59. The molecular formula is C12H16ClF3N4O. The third-order valence-electron chi connectivity index (χ3n) is 2.51. The van der Waals surface area contributed by atoms with Gasteiger partial charge in [-0.3, -0.25) is 4.79 Å². The van der Waals surface area contributed by atoms with Crippen molar-refractivity contribution >= 4 is 23.3 Å². The largest absolute Gasteiger partial charge is 0.417 e. The van der Waals surface area contributed by atoms with Gasteiger partial charge in [-0.25, -0.2) is 4.98 Å². The molecule has 0 aliphatic heterocycles. The number of nitrogens with zero attached hydrogens (tertiary/aromatic N) is 1. The fourth-order valence-corrected chi connectivity index (χ4v) is 1.67. The number of carbonyl (C=O) groups is 1. The normalized spacial score (nSPS) is 11.3. The maximum absolute atomic E-state index is 12.4. The number of halogens is 4. The van der Waals surface area contributed by atoms with Crippen LogP contribution in [0, 0.1) is 0 Å². The Kier molecular flexibility index (Phi) is 6.70. The van der Waals surface area contributed by atoms with Crippen LogP contribution in [0.25, 0.3) is 0 Å². The summed E-state index contributed by atoms with van der Waals surface area (Å²) in [4.78, 5) is 15.0. The molecule has 0 aliphatic rings. The van der Waals surface area contributed by atoms with Crippen LogP contribution in [0.3, 0.4) is 0 Å². The number of aromatic nitrogens is 1. The number of rotatable bonds is 7. The summed E-state index contributed by atoms with van der Waals surface area (Å²) < 4.78 is 37.3. The molecule has 0 saturated heterocycles. The van der Waals surface area contributed by atoms with E-state index in [-0.39, 0.29) is 29.7 Å². The number of carbonyl (C=O) groups excluding carboxylic acids is 1. The molecule has 5 nitrogen and oxygen atoms in total. The van der Waals surface area contributed by atoms with Crippen molar-refractivity contribution in [3.05, 3.63) is 22.8 Å². The number of pyridine rings is 1. The van der Waals surface area contributed by atoms with Crippen molar-refractivity contribution in [1.29, 1.82) is 0 Å². The van der Waals surface area contributed by atoms with Gasteiger partial charge in [0, 0.05) is 32.3 Å². The van der Waals surface area contributed by atoms with Crippen LogP contribution in [0.5, 0.6) is 0 Å². The maximum Gasteiger partial charge on any atom is 0.417 e. The molecular weight excluding hydrogens is 309 g/mol. The molecule has 118 valence electrons. The van der Waals surface area contributed by atoms with Crippen LogP contribution < -0.4 is 16.0 Å². The summed E-state index contributed by atoms with van der Waals surface area (Å²) in [5, 5.41) is 8.14. The van der Waals surface area contributed by atoms with Crippen molar-refractivity contribution in [3.63, 3.8) is 0 Å². The molecule has 1 aromatic rings. The minimum absolute atomic E-state index is 0.118. The Morgan fingerprint density at radius 2 is 2.05 bits per heavy atom. The molecule has 21 heavy (non-hydrogen) atoms. The Balaban J connectivity index is 2.44. The smallest absolute Gasteiger partial charge is 0.368 e. The molecule has 0 unspecified atom stereocenters. The van der Waals surface area contributed by atoms with Crippen LogP contribution in [-0.4, -0.2) is 37.6 Å². The van der Waals surface area contributed by atoms with E-state index in [9.17, 15) is 18.0 Å². The van der Waals surface area contributed by atoms with Crippen LogP contribution in [0.15, 0.2) is 12.3 Å². The second-order valence-electron chi connectivity index (χ2n) is 4.18. The van der Waals surface area contributed by atoms with Gasteiger partial charge in [0.05, 0.1) is 10.6 Å². The number of amides is 1. The summed E-state index contributed by atoms with van der Waals surface area (Å²) in [6.07, 6.45) is -3.62. The van der Waals surface area contributed by atoms with Gasteiger partial charge in [-0.2, -0.15) is 13.2 Å². The maximum atomic E-state index is 12.4. The Morgan fingerprint density at radius 1 is 1.33 bits per heavy atom. The highest BCUT2D eigenvalue weighted by molar-refractivity contribution is 6.32. The number of alkyl halides is 3. The lowest BCUT2D eigenvalue weighted by atomic mass is 10.2. The molecule has 9 heteroatoms. The topological polar surface area (TPSA) is 66.0 Å². The van der Waals surface area contributed by atoms with Gasteiger partial charge in [0.1, 0.15) is 5.82 Å². The molecule has 3 N–H and O–H groups in total. The van der Waals surface area contributed by atoms with E-state index < -0.39 is 11.7 Å². The van der Waals surface area contributed by atoms with Crippen molar-refractivity contribution < 1.29 is 18.0 Å². The first-order chi connectivity index (χ1) is 9.84. The summed E-state index contributed by atoms with van der Waals surface area (Å²) in [6, 6.07) is 0.796. The summed E-state index contributed by atoms with van der Waals surface area (Å²) >= 11 is 5.72. The van der Waals surface area contributed by atoms with Gasteiger partial charge in [-0.1, -0.05) is 11.6 Å². The van der Waals surface area contributed by atoms with Gasteiger partial charge in [-0.15, -0.1) is 0 Å². The van der Waals surface area contributed by atoms with E-state index in [4.69, 9.17) is 11.6 Å². The zero-order valence-corrected chi connectivity index (χ0v) is 12.1. The number of hydrogen-bond acceptors (Lipinski definition) is 4. The highest BCUT2D eigenvalue weighted by atomic mass is 35.5. The number of likely N-dealkylation sites (N-methyl/N-ethyl adjacent to an activating group) is 1. The Hall–Kier alpha value is -1.54. The van der Waals surface area contributed by atoms with Gasteiger partial charge in [0.2, 0.25) is 5.91 Å². The molecule has 1 rings (SSSR count). The third kappa shape index (κ3) is 6.17. The summed E-state index contributed by atoms with van der Waals surface area (Å²) in [7, 11) is 1.77. The van der Waals surface area contributed by atoms with Crippen LogP contribution >= 0.6 is 11.6 Å². The van der Waals surface area contributed by atoms with Crippen LogP contribution in [-0.2, 0) is 11.0 Å². The zero-order chi connectivity index (χ0) is 15.9. The molecule has 0 fully saturated rings. The second kappa shape index (κ2) is 8.04. The van der Waals surface area contributed by atoms with E-state index in [0.717, 1.165) is 6.07 Å². The fourth-order valence-electron chi connectivity index (χ4n) is 1.43. The van der Waals surface area contributed by atoms with Crippen molar-refractivity contribution in [2.75, 3.05) is 32.0 Å². The molecule has 0 spiro atoms. The van der Waals surface area contributed by atoms with Gasteiger partial charge in [0.15, 0.2) is 0 Å². The van der Waals surface area contributed by atoms with Crippen molar-refractivity contribution in [2.45, 2.75) is 12.6 Å². The number of anilines is 1. The van der Waals surface area contributed by atoms with Crippen LogP contribution in [0.2, 0.25) is 5.02 Å². The quantitative estimate of drug-likeness (QED) is 0.670. The van der Waals surface area contributed by atoms with Gasteiger partial charge >= 0.3 is 6.18 Å². The molecule has 1 heterocycles. The lowest BCUT2D eigenvalue weighted by Crippen LogP contribution is -2.31. The van der Waals surface area contributed by atoms with E-state index in [1.165, 1.54) is 0 Å². The minimum atomic E-state index is -4.48. The van der Waals surface area contributed by atoms with Crippen molar-refractivity contribution in [3.8, 4) is 0 Å². The predicted octanol–water partition coefficient (Wildman–Crippen LogP) is 1.89. The Bertz CT molecular complexity index is 482. The lowest BCUT2D eigenvalue weighted by Gasteiger charge is -2.10. The summed E-state index contributed by atoms with van der Waals surface area (Å²) in [6.45, 7) is 1.39. The van der Waals surface area contributed by atoms with Gasteiger partial charge in [-0.05, 0) is 13.1 Å². The first-order valence-electron chi connectivity index (χ1n) is 6.22. The summed E-state index contributed by atoms with van der Waals surface area (Å²) in [5.74, 6) is -0.0477. The summed E-state index contributed by atoms with van der Waals surface area (Å²) in [5.41, 5.74) is -0.914. The first kappa shape index (κ1) is 17.5. The average Bonchev–Trinajstić information content (AvgIpc) is 2.39. The van der Waals surface area contributed by atoms with E-state index in [1.54, 1.807) is 7.05 Å². The predicted molar refractivity (Wildman–Crippen MR) is 74.3 cm³/mol. The molecule has 0 radical (unpaired) electrons. The van der Waals surface area contributed by atoms with Crippen molar-refractivity contribution in [2.24, 2.45) is 0 Å². The molecule has 0 aliphatic carbocycles. The Morgan fingerprint density at radius 3 is 2.62 bits per heavy atom. The molecule has 1 amide bonds.